The van der Waals surface area contributed by atoms with Crippen LogP contribution in [0.25, 0.3) is 66.1 Å². The highest BCUT2D eigenvalue weighted by Crippen LogP contribution is 2.37. The van der Waals surface area contributed by atoms with Crippen LogP contribution >= 0.6 is 0 Å². The summed E-state index contributed by atoms with van der Waals surface area (Å²) in [5, 5.41) is 5.19. The predicted molar refractivity (Wildman–Crippen MR) is 184 cm³/mol. The molecular weight excluding hydrogens is 520 g/mol. The van der Waals surface area contributed by atoms with Gasteiger partial charge in [-0.1, -0.05) is 106 Å². The number of rotatable bonds is 5. The van der Waals surface area contributed by atoms with Crippen LogP contribution in [0.5, 0.6) is 0 Å². The molecule has 6 aromatic carbocycles. The Morgan fingerprint density at radius 3 is 1.28 bits per heavy atom. The molecule has 2 nitrogen and oxygen atoms in total. The molecule has 0 amide bonds. The van der Waals surface area contributed by atoms with Crippen molar-refractivity contribution >= 4 is 43.6 Å². The second-order valence-electron chi connectivity index (χ2n) is 12.3. The lowest BCUT2D eigenvalue weighted by molar-refractivity contribution is 0.507. The number of nitrogens with zero attached hydrogens (tertiary/aromatic N) is 2. The summed E-state index contributed by atoms with van der Waals surface area (Å²) in [5.41, 5.74) is 11.3. The Hall–Kier alpha value is -5.08. The van der Waals surface area contributed by atoms with Crippen LogP contribution in [-0.2, 0) is 5.41 Å². The highest BCUT2D eigenvalue weighted by Gasteiger charge is 2.20. The highest BCUT2D eigenvalue weighted by atomic mass is 15.0. The zero-order valence-electron chi connectivity index (χ0n) is 24.9. The maximum Gasteiger partial charge on any atom is 0.0541 e. The molecule has 0 N–H and O–H groups in total. The summed E-state index contributed by atoms with van der Waals surface area (Å²) in [4.78, 5) is 0. The SMILES string of the molecule is CCC(C)(C)c1ccc2c(c1)c1ccccc1n2-c1ccc(-c2ccc(-n3c4ccccc4c4ccccc43)cc2)cc1. The molecule has 0 atom stereocenters. The topological polar surface area (TPSA) is 9.86 Å². The van der Waals surface area contributed by atoms with Crippen LogP contribution < -0.4 is 0 Å². The smallest absolute Gasteiger partial charge is 0.0541 e. The van der Waals surface area contributed by atoms with Crippen LogP contribution in [0.3, 0.4) is 0 Å². The third-order valence-corrected chi connectivity index (χ3v) is 9.50. The first-order valence-corrected chi connectivity index (χ1v) is 15.3. The van der Waals surface area contributed by atoms with Gasteiger partial charge in [-0.15, -0.1) is 0 Å². The van der Waals surface area contributed by atoms with E-state index in [1.54, 1.807) is 0 Å². The summed E-state index contributed by atoms with van der Waals surface area (Å²) in [6, 6.07) is 51.1. The van der Waals surface area contributed by atoms with E-state index >= 15 is 0 Å². The zero-order chi connectivity index (χ0) is 29.1. The number of aromatic nitrogens is 2. The summed E-state index contributed by atoms with van der Waals surface area (Å²) < 4.78 is 4.77. The van der Waals surface area contributed by atoms with Crippen LogP contribution in [0.4, 0.5) is 0 Å². The average molecular weight is 555 g/mol. The summed E-state index contributed by atoms with van der Waals surface area (Å²) in [7, 11) is 0. The Morgan fingerprint density at radius 2 is 0.837 bits per heavy atom. The fourth-order valence-electron chi connectivity index (χ4n) is 6.68. The van der Waals surface area contributed by atoms with Crippen molar-refractivity contribution in [2.45, 2.75) is 32.6 Å². The molecule has 0 aliphatic heterocycles. The molecule has 0 saturated carbocycles. The van der Waals surface area contributed by atoms with Crippen molar-refractivity contribution in [3.8, 4) is 22.5 Å². The standard InChI is InChI=1S/C41H34N2/c1-4-41(2,3)30-21-26-40-36(27-30)35-13-7-10-16-39(35)43(40)32-24-19-29(20-25-32)28-17-22-31(23-18-28)42-37-14-8-5-11-33(37)34-12-6-9-15-38(34)42/h5-27H,4H2,1-3H3. The van der Waals surface area contributed by atoms with Crippen molar-refractivity contribution in [3.05, 3.63) is 145 Å². The number of hydrogen-bond donors (Lipinski definition) is 0. The fourth-order valence-corrected chi connectivity index (χ4v) is 6.68. The third kappa shape index (κ3) is 4.01. The lowest BCUT2D eigenvalue weighted by Crippen LogP contribution is -2.15. The van der Waals surface area contributed by atoms with Gasteiger partial charge in [0, 0.05) is 32.9 Å². The molecule has 0 aliphatic rings. The zero-order valence-corrected chi connectivity index (χ0v) is 24.9. The normalized spacial score (nSPS) is 12.2. The van der Waals surface area contributed by atoms with E-state index in [1.807, 2.05) is 0 Å². The van der Waals surface area contributed by atoms with E-state index in [4.69, 9.17) is 0 Å². The molecular formula is C41H34N2. The Kier molecular flexibility index (Phi) is 5.80. The molecule has 43 heavy (non-hydrogen) atoms. The van der Waals surface area contributed by atoms with E-state index in [2.05, 4.69) is 169 Å². The molecule has 8 aromatic rings. The van der Waals surface area contributed by atoms with Gasteiger partial charge in [0.1, 0.15) is 0 Å². The van der Waals surface area contributed by atoms with Crippen LogP contribution in [0.2, 0.25) is 0 Å². The molecule has 0 fully saturated rings. The molecule has 2 heteroatoms. The highest BCUT2D eigenvalue weighted by molar-refractivity contribution is 6.10. The number of benzene rings is 6. The van der Waals surface area contributed by atoms with Crippen molar-refractivity contribution in [3.63, 3.8) is 0 Å². The Labute approximate surface area is 252 Å². The average Bonchev–Trinajstić information content (AvgIpc) is 3.58. The van der Waals surface area contributed by atoms with Crippen LogP contribution in [0, 0.1) is 0 Å². The maximum absolute atomic E-state index is 2.41. The predicted octanol–water partition coefficient (Wildman–Crippen LogP) is 11.2. The van der Waals surface area contributed by atoms with E-state index in [9.17, 15) is 0 Å². The van der Waals surface area contributed by atoms with Gasteiger partial charge in [-0.05, 0) is 83.1 Å². The minimum atomic E-state index is 0.149. The molecule has 0 unspecified atom stereocenters. The molecule has 0 saturated heterocycles. The van der Waals surface area contributed by atoms with Crippen LogP contribution in [0.15, 0.2) is 140 Å². The summed E-state index contributed by atoms with van der Waals surface area (Å²) in [5.74, 6) is 0. The van der Waals surface area contributed by atoms with E-state index in [1.165, 1.54) is 71.7 Å². The largest absolute Gasteiger partial charge is 0.309 e. The summed E-state index contributed by atoms with van der Waals surface area (Å²) in [6.45, 7) is 6.94. The monoisotopic (exact) mass is 554 g/mol. The van der Waals surface area contributed by atoms with Crippen LogP contribution in [0.1, 0.15) is 32.8 Å². The van der Waals surface area contributed by atoms with Crippen molar-refractivity contribution in [2.24, 2.45) is 0 Å². The minimum Gasteiger partial charge on any atom is -0.309 e. The fraction of sp³-hybridized carbons (Fsp3) is 0.122. The molecule has 0 spiro atoms. The maximum atomic E-state index is 2.41. The summed E-state index contributed by atoms with van der Waals surface area (Å²) in [6.07, 6.45) is 1.11. The van der Waals surface area contributed by atoms with Gasteiger partial charge in [0.25, 0.3) is 0 Å². The van der Waals surface area contributed by atoms with Crippen molar-refractivity contribution in [1.29, 1.82) is 0 Å². The van der Waals surface area contributed by atoms with Gasteiger partial charge in [-0.3, -0.25) is 0 Å². The second kappa shape index (κ2) is 9.74. The van der Waals surface area contributed by atoms with Gasteiger partial charge in [-0.25, -0.2) is 0 Å². The van der Waals surface area contributed by atoms with E-state index in [0.29, 0.717) is 0 Å². The lowest BCUT2D eigenvalue weighted by atomic mass is 9.82. The Bertz CT molecular complexity index is 2220. The molecule has 8 rings (SSSR count). The molecule has 2 aromatic heterocycles. The van der Waals surface area contributed by atoms with Crippen molar-refractivity contribution in [2.75, 3.05) is 0 Å². The van der Waals surface area contributed by atoms with Gasteiger partial charge in [0.05, 0.1) is 22.1 Å². The first-order chi connectivity index (χ1) is 21.0. The van der Waals surface area contributed by atoms with Gasteiger partial charge < -0.3 is 9.13 Å². The van der Waals surface area contributed by atoms with Crippen LogP contribution in [-0.4, -0.2) is 9.13 Å². The number of fused-ring (bicyclic) bond motifs is 6. The molecule has 0 aliphatic carbocycles. The quantitative estimate of drug-likeness (QED) is 0.200. The van der Waals surface area contributed by atoms with E-state index in [-0.39, 0.29) is 5.41 Å². The Balaban J connectivity index is 1.18. The Morgan fingerprint density at radius 1 is 0.442 bits per heavy atom. The molecule has 208 valence electrons. The van der Waals surface area contributed by atoms with Gasteiger partial charge in [0.2, 0.25) is 0 Å². The minimum absolute atomic E-state index is 0.149. The van der Waals surface area contributed by atoms with Crippen molar-refractivity contribution in [1.82, 2.24) is 9.13 Å². The third-order valence-electron chi connectivity index (χ3n) is 9.50. The van der Waals surface area contributed by atoms with Gasteiger partial charge in [0.15, 0.2) is 0 Å². The molecule has 0 radical (unpaired) electrons. The second-order valence-corrected chi connectivity index (χ2v) is 12.3. The molecule has 0 bridgehead atoms. The van der Waals surface area contributed by atoms with E-state index < -0.39 is 0 Å². The lowest BCUT2D eigenvalue weighted by Gasteiger charge is -2.23. The number of hydrogen-bond acceptors (Lipinski definition) is 0. The van der Waals surface area contributed by atoms with Crippen molar-refractivity contribution < 1.29 is 0 Å². The summed E-state index contributed by atoms with van der Waals surface area (Å²) >= 11 is 0. The number of para-hydroxylation sites is 3. The molecule has 2 heterocycles. The first kappa shape index (κ1) is 25.6. The first-order valence-electron chi connectivity index (χ1n) is 15.3. The van der Waals surface area contributed by atoms with E-state index in [0.717, 1.165) is 6.42 Å². The van der Waals surface area contributed by atoms with Gasteiger partial charge >= 0.3 is 0 Å². The van der Waals surface area contributed by atoms with Gasteiger partial charge in [-0.2, -0.15) is 0 Å².